The number of rotatable bonds is 5. The van der Waals surface area contributed by atoms with Gasteiger partial charge in [-0.15, -0.1) is 0 Å². The van der Waals surface area contributed by atoms with Crippen molar-refractivity contribution < 1.29 is 19.4 Å². The SMILES string of the molecule is Cc1cc(NC(=O)OC(C)(C)C)nc(C)c1CNc1ncnc2c(C(=O)O)[nH]cc12. The smallest absolute Gasteiger partial charge is 0.413 e. The largest absolute Gasteiger partial charge is 0.477 e. The van der Waals surface area contributed by atoms with E-state index in [0.717, 1.165) is 16.8 Å². The molecule has 0 spiro atoms. The molecule has 10 nitrogen and oxygen atoms in total. The molecule has 0 saturated carbocycles. The Balaban J connectivity index is 1.77. The molecule has 3 rings (SSSR count). The summed E-state index contributed by atoms with van der Waals surface area (Å²) in [5, 5.41) is 15.7. The number of fused-ring (bicyclic) bond motifs is 1. The van der Waals surface area contributed by atoms with E-state index in [1.165, 1.54) is 6.33 Å². The Labute approximate surface area is 173 Å². The number of aryl methyl sites for hydroxylation is 2. The Morgan fingerprint density at radius 3 is 2.60 bits per heavy atom. The summed E-state index contributed by atoms with van der Waals surface area (Å²) in [6.45, 7) is 9.55. The third-order valence-electron chi connectivity index (χ3n) is 4.31. The summed E-state index contributed by atoms with van der Waals surface area (Å²) in [7, 11) is 0. The molecule has 0 saturated heterocycles. The number of carboxylic acids is 1. The Hall–Kier alpha value is -3.69. The van der Waals surface area contributed by atoms with Crippen molar-refractivity contribution in [3.63, 3.8) is 0 Å². The Kier molecular flexibility index (Phi) is 5.59. The number of amides is 1. The molecular formula is C20H24N6O4. The zero-order valence-electron chi connectivity index (χ0n) is 17.5. The van der Waals surface area contributed by atoms with Gasteiger partial charge in [-0.2, -0.15) is 0 Å². The first-order valence-electron chi connectivity index (χ1n) is 9.31. The summed E-state index contributed by atoms with van der Waals surface area (Å²) in [4.78, 5) is 38.7. The standard InChI is InChI=1S/C20H24N6O4/c1-10-6-14(26-19(29)30-20(3,4)5)25-11(2)12(10)7-22-17-13-8-21-16(18(27)28)15(13)23-9-24-17/h6,8-9,21H,7H2,1-5H3,(H,27,28)(H,22,23,24)(H,25,26,29). The number of anilines is 2. The minimum Gasteiger partial charge on any atom is -0.477 e. The van der Waals surface area contributed by atoms with E-state index in [1.807, 2.05) is 13.8 Å². The van der Waals surface area contributed by atoms with Crippen molar-refractivity contribution >= 4 is 34.6 Å². The summed E-state index contributed by atoms with van der Waals surface area (Å²) >= 11 is 0. The molecule has 0 aliphatic heterocycles. The van der Waals surface area contributed by atoms with E-state index in [1.54, 1.807) is 33.0 Å². The van der Waals surface area contributed by atoms with Crippen molar-refractivity contribution in [3.05, 3.63) is 41.1 Å². The lowest BCUT2D eigenvalue weighted by Gasteiger charge is -2.20. The summed E-state index contributed by atoms with van der Waals surface area (Å²) in [5.74, 6) is -0.165. The van der Waals surface area contributed by atoms with Gasteiger partial charge in [0.2, 0.25) is 0 Å². The number of aromatic nitrogens is 4. The van der Waals surface area contributed by atoms with Gasteiger partial charge < -0.3 is 20.1 Å². The molecule has 1 amide bonds. The van der Waals surface area contributed by atoms with Crippen LogP contribution in [0.2, 0.25) is 0 Å². The maximum atomic E-state index is 12.0. The van der Waals surface area contributed by atoms with Gasteiger partial charge in [0.1, 0.15) is 29.1 Å². The van der Waals surface area contributed by atoms with E-state index in [2.05, 4.69) is 30.6 Å². The predicted octanol–water partition coefficient (Wildman–Crippen LogP) is 3.63. The quantitative estimate of drug-likeness (QED) is 0.498. The molecule has 10 heteroatoms. The van der Waals surface area contributed by atoms with Crippen LogP contribution >= 0.6 is 0 Å². The highest BCUT2D eigenvalue weighted by atomic mass is 16.6. The highest BCUT2D eigenvalue weighted by Gasteiger charge is 2.18. The van der Waals surface area contributed by atoms with Crippen LogP contribution in [0.1, 0.15) is 48.1 Å². The van der Waals surface area contributed by atoms with Gasteiger partial charge in [0, 0.05) is 18.4 Å². The fourth-order valence-electron chi connectivity index (χ4n) is 3.02. The Morgan fingerprint density at radius 2 is 1.97 bits per heavy atom. The maximum Gasteiger partial charge on any atom is 0.413 e. The van der Waals surface area contributed by atoms with Gasteiger partial charge in [-0.25, -0.2) is 24.5 Å². The molecule has 0 unspecified atom stereocenters. The third-order valence-corrected chi connectivity index (χ3v) is 4.31. The van der Waals surface area contributed by atoms with Crippen molar-refractivity contribution in [2.75, 3.05) is 10.6 Å². The zero-order valence-corrected chi connectivity index (χ0v) is 17.5. The number of pyridine rings is 1. The number of hydrogen-bond donors (Lipinski definition) is 4. The predicted molar refractivity (Wildman–Crippen MR) is 112 cm³/mol. The number of nitrogens with zero attached hydrogens (tertiary/aromatic N) is 3. The number of aromatic amines is 1. The fraction of sp³-hybridized carbons (Fsp3) is 0.350. The average Bonchev–Trinajstić information content (AvgIpc) is 3.04. The maximum absolute atomic E-state index is 12.0. The van der Waals surface area contributed by atoms with Crippen molar-refractivity contribution in [3.8, 4) is 0 Å². The van der Waals surface area contributed by atoms with Crippen molar-refractivity contribution in [2.45, 2.75) is 46.8 Å². The molecule has 3 heterocycles. The number of nitrogens with one attached hydrogen (secondary N) is 3. The molecule has 0 radical (unpaired) electrons. The van der Waals surface area contributed by atoms with Crippen LogP contribution in [0.3, 0.4) is 0 Å². The monoisotopic (exact) mass is 412 g/mol. The number of carboxylic acid groups (broad SMARTS) is 1. The normalized spacial score (nSPS) is 11.4. The van der Waals surface area contributed by atoms with Crippen LogP contribution in [0.15, 0.2) is 18.6 Å². The van der Waals surface area contributed by atoms with Crippen molar-refractivity contribution in [1.82, 2.24) is 19.9 Å². The lowest BCUT2D eigenvalue weighted by molar-refractivity contribution is 0.0633. The van der Waals surface area contributed by atoms with Crippen LogP contribution in [-0.2, 0) is 11.3 Å². The Morgan fingerprint density at radius 1 is 1.23 bits per heavy atom. The van der Waals surface area contributed by atoms with Crippen LogP contribution in [-0.4, -0.2) is 42.7 Å². The van der Waals surface area contributed by atoms with Gasteiger partial charge in [-0.3, -0.25) is 5.32 Å². The summed E-state index contributed by atoms with van der Waals surface area (Å²) in [6.07, 6.45) is 2.31. The lowest BCUT2D eigenvalue weighted by atomic mass is 10.1. The van der Waals surface area contributed by atoms with E-state index in [0.29, 0.717) is 29.1 Å². The molecule has 30 heavy (non-hydrogen) atoms. The molecule has 0 aromatic carbocycles. The van der Waals surface area contributed by atoms with E-state index < -0.39 is 17.7 Å². The van der Waals surface area contributed by atoms with E-state index in [9.17, 15) is 14.7 Å². The number of carbonyl (C=O) groups excluding carboxylic acids is 1. The van der Waals surface area contributed by atoms with Gasteiger partial charge in [-0.1, -0.05) is 0 Å². The molecule has 3 aromatic heterocycles. The van der Waals surface area contributed by atoms with Gasteiger partial charge in [0.05, 0.1) is 5.39 Å². The number of aromatic carboxylic acids is 1. The fourth-order valence-corrected chi connectivity index (χ4v) is 3.02. The minimum atomic E-state index is -1.08. The summed E-state index contributed by atoms with van der Waals surface area (Å²) in [6, 6.07) is 1.77. The number of ether oxygens (including phenoxy) is 1. The number of hydrogen-bond acceptors (Lipinski definition) is 7. The molecule has 0 aliphatic carbocycles. The van der Waals surface area contributed by atoms with Crippen LogP contribution in [0.25, 0.3) is 10.9 Å². The average molecular weight is 412 g/mol. The van der Waals surface area contributed by atoms with E-state index >= 15 is 0 Å². The second-order valence-corrected chi connectivity index (χ2v) is 7.82. The highest BCUT2D eigenvalue weighted by molar-refractivity contribution is 6.03. The lowest BCUT2D eigenvalue weighted by Crippen LogP contribution is -2.27. The number of H-pyrrole nitrogens is 1. The van der Waals surface area contributed by atoms with Crippen LogP contribution in [0.4, 0.5) is 16.4 Å². The van der Waals surface area contributed by atoms with Gasteiger partial charge >= 0.3 is 12.1 Å². The molecular weight excluding hydrogens is 388 g/mol. The topological polar surface area (TPSA) is 142 Å². The molecule has 0 atom stereocenters. The first-order valence-corrected chi connectivity index (χ1v) is 9.31. The summed E-state index contributed by atoms with van der Waals surface area (Å²) in [5.41, 5.74) is 2.35. The molecule has 4 N–H and O–H groups in total. The molecule has 0 bridgehead atoms. The zero-order chi connectivity index (χ0) is 22.1. The molecule has 158 valence electrons. The van der Waals surface area contributed by atoms with E-state index in [4.69, 9.17) is 4.74 Å². The van der Waals surface area contributed by atoms with Gasteiger partial charge in [0.25, 0.3) is 0 Å². The Bertz CT molecular complexity index is 1090. The van der Waals surface area contributed by atoms with Crippen LogP contribution in [0, 0.1) is 13.8 Å². The second-order valence-electron chi connectivity index (χ2n) is 7.82. The van der Waals surface area contributed by atoms with Gasteiger partial charge in [0.15, 0.2) is 5.69 Å². The first kappa shape index (κ1) is 21.0. The van der Waals surface area contributed by atoms with Gasteiger partial charge in [-0.05, 0) is 51.8 Å². The van der Waals surface area contributed by atoms with Crippen molar-refractivity contribution in [2.24, 2.45) is 0 Å². The highest BCUT2D eigenvalue weighted by Crippen LogP contribution is 2.24. The third kappa shape index (κ3) is 4.65. The molecule has 0 fully saturated rings. The van der Waals surface area contributed by atoms with Crippen LogP contribution in [0.5, 0.6) is 0 Å². The van der Waals surface area contributed by atoms with E-state index in [-0.39, 0.29) is 5.69 Å². The number of carbonyl (C=O) groups is 2. The second kappa shape index (κ2) is 7.97. The van der Waals surface area contributed by atoms with Crippen molar-refractivity contribution in [1.29, 1.82) is 0 Å². The summed E-state index contributed by atoms with van der Waals surface area (Å²) < 4.78 is 5.26. The molecule has 3 aromatic rings. The van der Waals surface area contributed by atoms with Crippen LogP contribution < -0.4 is 10.6 Å². The minimum absolute atomic E-state index is 0.0158. The molecule has 0 aliphatic rings. The first-order chi connectivity index (χ1) is 14.0.